The van der Waals surface area contributed by atoms with Crippen molar-refractivity contribution in [1.82, 2.24) is 9.88 Å². The van der Waals surface area contributed by atoms with Gasteiger partial charge in [-0.05, 0) is 11.3 Å². The van der Waals surface area contributed by atoms with Crippen molar-refractivity contribution in [1.29, 1.82) is 0 Å². The second kappa shape index (κ2) is 2.38. The van der Waals surface area contributed by atoms with Crippen LogP contribution in [0.2, 0.25) is 0 Å². The molecule has 56 valence electrons. The minimum Gasteiger partial charge on any atom is -0.375 e. The largest absolute Gasteiger partial charge is 0.375 e. The molecule has 0 radical (unpaired) electrons. The van der Waals surface area contributed by atoms with E-state index in [0.29, 0.717) is 0 Å². The number of rotatable bonds is 0. The highest BCUT2D eigenvalue weighted by Gasteiger charge is 1.95. The molecule has 11 heavy (non-hydrogen) atoms. The average molecular weight is 146 g/mol. The van der Waals surface area contributed by atoms with Crippen molar-refractivity contribution in [3.05, 3.63) is 28.9 Å². The zero-order valence-electron chi connectivity index (χ0n) is 6.49. The van der Waals surface area contributed by atoms with Crippen molar-refractivity contribution in [3.63, 3.8) is 0 Å². The molecule has 0 saturated heterocycles. The van der Waals surface area contributed by atoms with Crippen LogP contribution in [-0.2, 0) is 0 Å². The SMILES string of the molecule is CN1C=c2ncccc2=CC1. The van der Waals surface area contributed by atoms with Crippen LogP contribution in [0.4, 0.5) is 0 Å². The van der Waals surface area contributed by atoms with E-state index in [9.17, 15) is 0 Å². The standard InChI is InChI=1S/C9H10N2/c1-11-6-4-8-3-2-5-10-9(8)7-11/h2-5,7H,6H2,1H3. The van der Waals surface area contributed by atoms with Gasteiger partial charge in [0.2, 0.25) is 0 Å². The van der Waals surface area contributed by atoms with Gasteiger partial charge in [0.15, 0.2) is 0 Å². The quantitative estimate of drug-likeness (QED) is 0.492. The Hall–Kier alpha value is -1.31. The molecular weight excluding hydrogens is 136 g/mol. The Bertz CT molecular complexity index is 367. The molecule has 0 spiro atoms. The number of nitrogens with zero attached hydrogens (tertiary/aromatic N) is 2. The van der Waals surface area contributed by atoms with Gasteiger partial charge in [0, 0.05) is 26.0 Å². The molecule has 1 aromatic heterocycles. The summed E-state index contributed by atoms with van der Waals surface area (Å²) in [7, 11) is 2.05. The van der Waals surface area contributed by atoms with Crippen LogP contribution >= 0.6 is 0 Å². The monoisotopic (exact) mass is 146 g/mol. The summed E-state index contributed by atoms with van der Waals surface area (Å²) in [4.78, 5) is 6.36. The van der Waals surface area contributed by atoms with Crippen molar-refractivity contribution >= 4 is 12.3 Å². The maximum atomic E-state index is 4.24. The zero-order valence-corrected chi connectivity index (χ0v) is 6.49. The van der Waals surface area contributed by atoms with Crippen molar-refractivity contribution < 1.29 is 0 Å². The lowest BCUT2D eigenvalue weighted by molar-refractivity contribution is 0.561. The number of pyridine rings is 1. The molecule has 2 nitrogen and oxygen atoms in total. The third-order valence-electron chi connectivity index (χ3n) is 1.81. The van der Waals surface area contributed by atoms with Gasteiger partial charge in [0.1, 0.15) is 0 Å². The predicted molar refractivity (Wildman–Crippen MR) is 45.0 cm³/mol. The first-order valence-electron chi connectivity index (χ1n) is 3.69. The highest BCUT2D eigenvalue weighted by atomic mass is 15.1. The predicted octanol–water partition coefficient (Wildman–Crippen LogP) is -0.455. The molecule has 1 aliphatic heterocycles. The number of hydrogen-bond donors (Lipinski definition) is 0. The lowest BCUT2D eigenvalue weighted by atomic mass is 10.3. The zero-order chi connectivity index (χ0) is 7.68. The fourth-order valence-corrected chi connectivity index (χ4v) is 1.21. The van der Waals surface area contributed by atoms with Crippen LogP contribution in [0, 0.1) is 0 Å². The number of fused-ring (bicyclic) bond motifs is 1. The summed E-state index contributed by atoms with van der Waals surface area (Å²) in [5, 5.41) is 2.31. The Kier molecular flexibility index (Phi) is 1.39. The molecule has 1 aliphatic rings. The van der Waals surface area contributed by atoms with Crippen LogP contribution < -0.4 is 10.6 Å². The van der Waals surface area contributed by atoms with Crippen molar-refractivity contribution in [2.45, 2.75) is 0 Å². The summed E-state index contributed by atoms with van der Waals surface area (Å²) in [6.45, 7) is 0.985. The second-order valence-corrected chi connectivity index (χ2v) is 2.75. The molecule has 2 heterocycles. The van der Waals surface area contributed by atoms with E-state index in [4.69, 9.17) is 0 Å². The maximum absolute atomic E-state index is 4.24. The highest BCUT2D eigenvalue weighted by molar-refractivity contribution is 5.35. The van der Waals surface area contributed by atoms with Crippen LogP contribution in [0.3, 0.4) is 0 Å². The van der Waals surface area contributed by atoms with Crippen molar-refractivity contribution in [2.24, 2.45) is 0 Å². The summed E-state index contributed by atoms with van der Waals surface area (Å²) in [6.07, 6.45) is 6.07. The first-order chi connectivity index (χ1) is 5.36. The summed E-state index contributed by atoms with van der Waals surface area (Å²) in [5.74, 6) is 0. The second-order valence-electron chi connectivity index (χ2n) is 2.75. The third kappa shape index (κ3) is 1.11. The highest BCUT2D eigenvalue weighted by Crippen LogP contribution is 1.85. The van der Waals surface area contributed by atoms with E-state index in [1.165, 1.54) is 5.22 Å². The van der Waals surface area contributed by atoms with E-state index in [1.807, 2.05) is 19.3 Å². The Morgan fingerprint density at radius 3 is 3.36 bits per heavy atom. The minimum absolute atomic E-state index is 0.985. The fraction of sp³-hybridized carbons (Fsp3) is 0.222. The number of hydrogen-bond acceptors (Lipinski definition) is 2. The van der Waals surface area contributed by atoms with Gasteiger partial charge in [0.25, 0.3) is 0 Å². The molecule has 0 atom stereocenters. The normalized spacial score (nSPS) is 14.8. The third-order valence-corrected chi connectivity index (χ3v) is 1.81. The van der Waals surface area contributed by atoms with Crippen LogP contribution in [-0.4, -0.2) is 23.5 Å². The molecule has 0 amide bonds. The summed E-state index contributed by atoms with van der Waals surface area (Å²) in [6, 6.07) is 4.06. The smallest absolute Gasteiger partial charge is 0.0857 e. The summed E-state index contributed by atoms with van der Waals surface area (Å²) >= 11 is 0. The molecular formula is C9H10N2. The van der Waals surface area contributed by atoms with Crippen molar-refractivity contribution in [3.8, 4) is 0 Å². The molecule has 1 aromatic rings. The average Bonchev–Trinajstić information content (AvgIpc) is 2.04. The van der Waals surface area contributed by atoms with Crippen molar-refractivity contribution in [2.75, 3.05) is 13.6 Å². The van der Waals surface area contributed by atoms with E-state index in [0.717, 1.165) is 11.9 Å². The molecule has 0 unspecified atom stereocenters. The van der Waals surface area contributed by atoms with Gasteiger partial charge in [-0.2, -0.15) is 0 Å². The first kappa shape index (κ1) is 6.40. The van der Waals surface area contributed by atoms with Crippen LogP contribution in [0.1, 0.15) is 0 Å². The minimum atomic E-state index is 0.985. The Morgan fingerprint density at radius 1 is 1.55 bits per heavy atom. The molecule has 2 rings (SSSR count). The van der Waals surface area contributed by atoms with E-state index in [1.54, 1.807) is 0 Å². The fourth-order valence-electron chi connectivity index (χ4n) is 1.21. The molecule has 0 bridgehead atoms. The van der Waals surface area contributed by atoms with Crippen LogP contribution in [0.5, 0.6) is 0 Å². The molecule has 2 heteroatoms. The van der Waals surface area contributed by atoms with Crippen LogP contribution in [0.25, 0.3) is 12.3 Å². The summed E-state index contributed by atoms with van der Waals surface area (Å²) < 4.78 is 0. The van der Waals surface area contributed by atoms with E-state index in [-0.39, 0.29) is 0 Å². The Labute approximate surface area is 65.5 Å². The van der Waals surface area contributed by atoms with Gasteiger partial charge in [-0.15, -0.1) is 0 Å². The van der Waals surface area contributed by atoms with E-state index >= 15 is 0 Å². The molecule has 0 fully saturated rings. The molecule has 0 aromatic carbocycles. The van der Waals surface area contributed by atoms with E-state index in [2.05, 4.69) is 28.2 Å². The van der Waals surface area contributed by atoms with Gasteiger partial charge in [-0.3, -0.25) is 4.98 Å². The topological polar surface area (TPSA) is 16.1 Å². The lowest BCUT2D eigenvalue weighted by Crippen LogP contribution is -2.35. The molecule has 0 N–H and O–H groups in total. The molecule has 0 aliphatic carbocycles. The summed E-state index contributed by atoms with van der Waals surface area (Å²) in [5.41, 5.74) is 0. The van der Waals surface area contributed by atoms with E-state index < -0.39 is 0 Å². The number of aromatic nitrogens is 1. The lowest BCUT2D eigenvalue weighted by Gasteiger charge is -2.13. The van der Waals surface area contributed by atoms with Crippen LogP contribution in [0.15, 0.2) is 18.3 Å². The Morgan fingerprint density at radius 2 is 2.45 bits per heavy atom. The maximum Gasteiger partial charge on any atom is 0.0857 e. The van der Waals surface area contributed by atoms with Gasteiger partial charge >= 0.3 is 0 Å². The first-order valence-corrected chi connectivity index (χ1v) is 3.69. The molecule has 0 saturated carbocycles. The van der Waals surface area contributed by atoms with Gasteiger partial charge in [-0.1, -0.05) is 12.1 Å². The Balaban J connectivity index is 2.73. The van der Waals surface area contributed by atoms with Gasteiger partial charge < -0.3 is 4.90 Å². The van der Waals surface area contributed by atoms with Gasteiger partial charge in [0.05, 0.1) is 5.35 Å². The van der Waals surface area contributed by atoms with Gasteiger partial charge in [-0.25, -0.2) is 0 Å².